The summed E-state index contributed by atoms with van der Waals surface area (Å²) in [5, 5.41) is 0. The lowest BCUT2D eigenvalue weighted by Crippen LogP contribution is -2.53. The molecule has 1 aliphatic heterocycles. The van der Waals surface area contributed by atoms with Crippen molar-refractivity contribution in [2.24, 2.45) is 0 Å². The number of rotatable bonds is 4. The van der Waals surface area contributed by atoms with Crippen LogP contribution in [0.1, 0.15) is 42.5 Å². The van der Waals surface area contributed by atoms with Crippen molar-refractivity contribution in [2.45, 2.75) is 44.2 Å². The number of fused-ring (bicyclic) bond motifs is 1. The molecule has 1 saturated heterocycles. The second-order valence-electron chi connectivity index (χ2n) is 5.98. The van der Waals surface area contributed by atoms with E-state index in [-0.39, 0.29) is 11.6 Å². The van der Waals surface area contributed by atoms with Crippen molar-refractivity contribution < 1.29 is 13.9 Å². The molecule has 1 aromatic rings. The highest BCUT2D eigenvalue weighted by atomic mass is 19.1. The zero-order valence-electron chi connectivity index (χ0n) is 12.3. The van der Waals surface area contributed by atoms with Crippen molar-refractivity contribution in [1.82, 2.24) is 4.90 Å². The Morgan fingerprint density at radius 1 is 1.33 bits per heavy atom. The number of halogens is 1. The van der Waals surface area contributed by atoms with Gasteiger partial charge in [-0.2, -0.15) is 0 Å². The molecule has 1 saturated carbocycles. The fraction of sp³-hybridized carbons (Fsp3) is 0.588. The Balaban J connectivity index is 1.57. The second kappa shape index (κ2) is 6.67. The van der Waals surface area contributed by atoms with Crippen LogP contribution >= 0.6 is 0 Å². The molecule has 0 bridgehead atoms. The van der Waals surface area contributed by atoms with Gasteiger partial charge >= 0.3 is 0 Å². The zero-order chi connectivity index (χ0) is 14.7. The van der Waals surface area contributed by atoms with Crippen LogP contribution in [0.5, 0.6) is 0 Å². The van der Waals surface area contributed by atoms with Gasteiger partial charge in [-0.25, -0.2) is 4.39 Å². The molecular formula is C17H22FNO2. The van der Waals surface area contributed by atoms with E-state index in [9.17, 15) is 9.18 Å². The molecule has 1 aromatic carbocycles. The van der Waals surface area contributed by atoms with E-state index < -0.39 is 0 Å². The number of hydrogen-bond acceptors (Lipinski definition) is 3. The van der Waals surface area contributed by atoms with Gasteiger partial charge in [0.25, 0.3) is 0 Å². The first-order valence-corrected chi connectivity index (χ1v) is 7.88. The number of carbonyl (C=O) groups is 1. The van der Waals surface area contributed by atoms with Crippen molar-refractivity contribution in [3.8, 4) is 0 Å². The zero-order valence-corrected chi connectivity index (χ0v) is 12.3. The average Bonchev–Trinajstić information content (AvgIpc) is 2.52. The van der Waals surface area contributed by atoms with Crippen LogP contribution in [0.25, 0.3) is 0 Å². The molecule has 3 rings (SSSR count). The molecule has 3 nitrogen and oxygen atoms in total. The van der Waals surface area contributed by atoms with Crippen molar-refractivity contribution in [3.05, 3.63) is 35.6 Å². The van der Waals surface area contributed by atoms with E-state index in [0.29, 0.717) is 24.1 Å². The van der Waals surface area contributed by atoms with Gasteiger partial charge in [0.05, 0.1) is 12.7 Å². The summed E-state index contributed by atoms with van der Waals surface area (Å²) >= 11 is 0. The van der Waals surface area contributed by atoms with Crippen molar-refractivity contribution >= 4 is 5.78 Å². The van der Waals surface area contributed by atoms with Crippen LogP contribution in [0.4, 0.5) is 4.39 Å². The number of ether oxygens (including phenoxy) is 1. The molecule has 0 radical (unpaired) electrons. The molecule has 0 spiro atoms. The first-order chi connectivity index (χ1) is 10.2. The van der Waals surface area contributed by atoms with E-state index in [1.165, 1.54) is 31.4 Å². The minimum atomic E-state index is -0.348. The molecule has 0 N–H and O–H groups in total. The number of nitrogens with zero attached hydrogens (tertiary/aromatic N) is 1. The van der Waals surface area contributed by atoms with Gasteiger partial charge in [-0.05, 0) is 25.0 Å². The average molecular weight is 291 g/mol. The highest BCUT2D eigenvalue weighted by Gasteiger charge is 2.33. The summed E-state index contributed by atoms with van der Waals surface area (Å²) in [6, 6.07) is 6.44. The standard InChI is InChI=1S/C17H22FNO2/c18-14-5-3-4-13(12-14)16(20)8-9-19-10-11-21-17-7-2-1-6-15(17)19/h3-5,12,15,17H,1-2,6-11H2. The molecule has 2 unspecified atom stereocenters. The van der Waals surface area contributed by atoms with Crippen LogP contribution in [0.15, 0.2) is 24.3 Å². The molecule has 0 amide bonds. The van der Waals surface area contributed by atoms with E-state index in [4.69, 9.17) is 4.74 Å². The largest absolute Gasteiger partial charge is 0.375 e. The minimum absolute atomic E-state index is 0.0216. The number of hydrogen-bond donors (Lipinski definition) is 0. The first-order valence-electron chi connectivity index (χ1n) is 7.88. The van der Waals surface area contributed by atoms with Gasteiger partial charge in [0.2, 0.25) is 0 Å². The van der Waals surface area contributed by atoms with Crippen molar-refractivity contribution in [3.63, 3.8) is 0 Å². The monoisotopic (exact) mass is 291 g/mol. The topological polar surface area (TPSA) is 29.5 Å². The molecule has 1 aliphatic carbocycles. The van der Waals surface area contributed by atoms with Crippen LogP contribution in [0.3, 0.4) is 0 Å². The van der Waals surface area contributed by atoms with Gasteiger partial charge < -0.3 is 4.74 Å². The predicted molar refractivity (Wildman–Crippen MR) is 78.9 cm³/mol. The summed E-state index contributed by atoms with van der Waals surface area (Å²) in [5.41, 5.74) is 0.475. The fourth-order valence-corrected chi connectivity index (χ4v) is 3.51. The summed E-state index contributed by atoms with van der Waals surface area (Å²) in [6.45, 7) is 2.41. The van der Waals surface area contributed by atoms with Crippen LogP contribution < -0.4 is 0 Å². The maximum absolute atomic E-state index is 13.2. The Hall–Kier alpha value is -1.26. The third kappa shape index (κ3) is 3.50. The lowest BCUT2D eigenvalue weighted by molar-refractivity contribution is -0.0874. The van der Waals surface area contributed by atoms with Crippen molar-refractivity contribution in [2.75, 3.05) is 19.7 Å². The van der Waals surface area contributed by atoms with E-state index in [2.05, 4.69) is 4.90 Å². The third-order valence-corrected chi connectivity index (χ3v) is 4.62. The van der Waals surface area contributed by atoms with Crippen LogP contribution in [0.2, 0.25) is 0 Å². The summed E-state index contributed by atoms with van der Waals surface area (Å²) in [7, 11) is 0. The van der Waals surface area contributed by atoms with E-state index in [1.54, 1.807) is 12.1 Å². The molecule has 2 atom stereocenters. The quantitative estimate of drug-likeness (QED) is 0.799. The number of benzene rings is 1. The van der Waals surface area contributed by atoms with E-state index in [0.717, 1.165) is 26.1 Å². The molecule has 114 valence electrons. The number of Topliss-reactive ketones (excluding diaryl/α,β-unsaturated/α-hetero) is 1. The molecular weight excluding hydrogens is 269 g/mol. The Kier molecular flexibility index (Phi) is 4.66. The van der Waals surface area contributed by atoms with Gasteiger partial charge in [0.15, 0.2) is 5.78 Å². The number of ketones is 1. The SMILES string of the molecule is O=C(CCN1CCOC2CCCCC21)c1cccc(F)c1. The van der Waals surface area contributed by atoms with E-state index in [1.807, 2.05) is 0 Å². The summed E-state index contributed by atoms with van der Waals surface area (Å²) < 4.78 is 19.0. The smallest absolute Gasteiger partial charge is 0.164 e. The Bertz CT molecular complexity index is 503. The van der Waals surface area contributed by atoms with Gasteiger partial charge in [0.1, 0.15) is 5.82 Å². The summed E-state index contributed by atoms with van der Waals surface area (Å²) in [6.07, 6.45) is 5.59. The molecule has 4 heteroatoms. The Labute approximate surface area is 125 Å². The second-order valence-corrected chi connectivity index (χ2v) is 5.98. The summed E-state index contributed by atoms with van der Waals surface area (Å²) in [5.74, 6) is -0.326. The lowest BCUT2D eigenvalue weighted by Gasteiger charge is -2.43. The van der Waals surface area contributed by atoms with E-state index >= 15 is 0 Å². The molecule has 0 aromatic heterocycles. The lowest BCUT2D eigenvalue weighted by atomic mass is 9.90. The third-order valence-electron chi connectivity index (χ3n) is 4.62. The van der Waals surface area contributed by atoms with Crippen LogP contribution in [0, 0.1) is 5.82 Å². The highest BCUT2D eigenvalue weighted by Crippen LogP contribution is 2.28. The van der Waals surface area contributed by atoms with Gasteiger partial charge in [-0.3, -0.25) is 9.69 Å². The van der Waals surface area contributed by atoms with Gasteiger partial charge in [0, 0.05) is 31.1 Å². The maximum Gasteiger partial charge on any atom is 0.164 e. The van der Waals surface area contributed by atoms with Crippen LogP contribution in [-0.2, 0) is 4.74 Å². The highest BCUT2D eigenvalue weighted by molar-refractivity contribution is 5.96. The van der Waals surface area contributed by atoms with Crippen LogP contribution in [-0.4, -0.2) is 42.5 Å². The number of morpholine rings is 1. The summed E-state index contributed by atoms with van der Waals surface area (Å²) in [4.78, 5) is 14.6. The predicted octanol–water partition coefficient (Wildman–Crippen LogP) is 3.04. The fourth-order valence-electron chi connectivity index (χ4n) is 3.51. The van der Waals surface area contributed by atoms with Gasteiger partial charge in [-0.1, -0.05) is 25.0 Å². The first kappa shape index (κ1) is 14.7. The molecule has 21 heavy (non-hydrogen) atoms. The van der Waals surface area contributed by atoms with Crippen molar-refractivity contribution in [1.29, 1.82) is 0 Å². The Morgan fingerprint density at radius 2 is 2.19 bits per heavy atom. The molecule has 2 aliphatic rings. The number of carbonyl (C=O) groups excluding carboxylic acids is 1. The molecule has 1 heterocycles. The molecule has 2 fully saturated rings. The Morgan fingerprint density at radius 3 is 3.05 bits per heavy atom. The normalized spacial score (nSPS) is 26.3. The maximum atomic E-state index is 13.2. The minimum Gasteiger partial charge on any atom is -0.375 e. The van der Waals surface area contributed by atoms with Gasteiger partial charge in [-0.15, -0.1) is 0 Å².